The molecule has 0 spiro atoms. The number of benzene rings is 1. The molecule has 0 unspecified atom stereocenters. The zero-order valence-electron chi connectivity index (χ0n) is 12.7. The molecule has 0 fully saturated rings. The van der Waals surface area contributed by atoms with Crippen LogP contribution >= 0.6 is 50.1 Å². The topological polar surface area (TPSA) is 25.8 Å². The van der Waals surface area contributed by atoms with Gasteiger partial charge in [0.15, 0.2) is 5.82 Å². The molecular formula is C16H17BrClIN2. The minimum absolute atomic E-state index is 0.0721. The molecule has 2 aromatic rings. The summed E-state index contributed by atoms with van der Waals surface area (Å²) in [5.41, 5.74) is 4.24. The maximum absolute atomic E-state index is 6.32. The summed E-state index contributed by atoms with van der Waals surface area (Å²) >= 11 is 12.1. The van der Waals surface area contributed by atoms with Crippen LogP contribution in [0.1, 0.15) is 37.6 Å². The van der Waals surface area contributed by atoms with Crippen molar-refractivity contribution in [1.29, 1.82) is 0 Å². The predicted molar refractivity (Wildman–Crippen MR) is 101 cm³/mol. The van der Waals surface area contributed by atoms with Gasteiger partial charge in [-0.3, -0.25) is 0 Å². The van der Waals surface area contributed by atoms with Crippen molar-refractivity contribution < 1.29 is 0 Å². The first-order chi connectivity index (χ1) is 9.61. The molecule has 0 aliphatic rings. The van der Waals surface area contributed by atoms with E-state index < -0.39 is 0 Å². The average Bonchev–Trinajstić information content (AvgIpc) is 2.37. The number of hydrogen-bond acceptors (Lipinski definition) is 2. The molecule has 1 aromatic heterocycles. The van der Waals surface area contributed by atoms with E-state index in [2.05, 4.69) is 90.3 Å². The molecular weight excluding hydrogens is 462 g/mol. The molecule has 5 heteroatoms. The van der Waals surface area contributed by atoms with Gasteiger partial charge in [0.25, 0.3) is 0 Å². The summed E-state index contributed by atoms with van der Waals surface area (Å²) in [7, 11) is 0. The van der Waals surface area contributed by atoms with Crippen molar-refractivity contribution in [1.82, 2.24) is 9.97 Å². The van der Waals surface area contributed by atoms with Crippen LogP contribution in [0.25, 0.3) is 11.4 Å². The molecule has 2 nitrogen and oxygen atoms in total. The molecule has 1 aromatic carbocycles. The third-order valence-corrected chi connectivity index (χ3v) is 6.08. The summed E-state index contributed by atoms with van der Waals surface area (Å²) in [5, 5.41) is 0.517. The van der Waals surface area contributed by atoms with Gasteiger partial charge in [-0.1, -0.05) is 48.3 Å². The number of aromatic nitrogens is 2. The van der Waals surface area contributed by atoms with Crippen molar-refractivity contribution in [3.05, 3.63) is 42.1 Å². The van der Waals surface area contributed by atoms with Crippen LogP contribution < -0.4 is 0 Å². The zero-order chi connectivity index (χ0) is 15.9. The Morgan fingerprint density at radius 2 is 1.62 bits per heavy atom. The highest BCUT2D eigenvalue weighted by Gasteiger charge is 2.23. The molecule has 0 aliphatic carbocycles. The lowest BCUT2D eigenvalue weighted by molar-refractivity contribution is 0.563. The van der Waals surface area contributed by atoms with Gasteiger partial charge in [-0.2, -0.15) is 0 Å². The van der Waals surface area contributed by atoms with Crippen molar-refractivity contribution >= 4 is 50.1 Å². The normalized spacial score (nSPS) is 11.8. The van der Waals surface area contributed by atoms with Crippen LogP contribution in [0.2, 0.25) is 5.15 Å². The van der Waals surface area contributed by atoms with Gasteiger partial charge < -0.3 is 0 Å². The number of nitrogens with zero attached hydrogens (tertiary/aromatic N) is 2. The number of rotatable bonds is 1. The second-order valence-electron chi connectivity index (χ2n) is 6.17. The smallest absolute Gasteiger partial charge is 0.161 e. The first-order valence-electron chi connectivity index (χ1n) is 6.62. The van der Waals surface area contributed by atoms with Gasteiger partial charge in [0, 0.05) is 15.5 Å². The fourth-order valence-electron chi connectivity index (χ4n) is 2.12. The first kappa shape index (κ1) is 17.2. The average molecular weight is 480 g/mol. The fraction of sp³-hybridized carbons (Fsp3) is 0.375. The maximum atomic E-state index is 6.32. The largest absolute Gasteiger partial charge is 0.231 e. The quantitative estimate of drug-likeness (QED) is 0.366. The molecule has 0 radical (unpaired) electrons. The third-order valence-electron chi connectivity index (χ3n) is 3.22. The Balaban J connectivity index is 2.68. The lowest BCUT2D eigenvalue weighted by Crippen LogP contribution is -2.17. The molecule has 1 heterocycles. The van der Waals surface area contributed by atoms with Crippen LogP contribution in [0, 0.1) is 17.4 Å². The van der Waals surface area contributed by atoms with Crippen molar-refractivity contribution in [2.24, 2.45) is 0 Å². The molecule has 0 bridgehead atoms. The summed E-state index contributed by atoms with van der Waals surface area (Å²) in [4.78, 5) is 9.23. The monoisotopic (exact) mass is 478 g/mol. The zero-order valence-corrected chi connectivity index (χ0v) is 17.2. The van der Waals surface area contributed by atoms with E-state index in [9.17, 15) is 0 Å². The molecule has 0 atom stereocenters. The second-order valence-corrected chi connectivity index (χ2v) is 8.40. The van der Waals surface area contributed by atoms with Gasteiger partial charge in [-0.15, -0.1) is 0 Å². The second kappa shape index (κ2) is 6.13. The van der Waals surface area contributed by atoms with Gasteiger partial charge in [0.2, 0.25) is 0 Å². The Labute approximate surface area is 153 Å². The highest BCUT2D eigenvalue weighted by atomic mass is 127. The van der Waals surface area contributed by atoms with Crippen molar-refractivity contribution in [3.63, 3.8) is 0 Å². The summed E-state index contributed by atoms with van der Waals surface area (Å²) in [6.07, 6.45) is 0. The Morgan fingerprint density at radius 1 is 1.10 bits per heavy atom. The van der Waals surface area contributed by atoms with E-state index >= 15 is 0 Å². The molecule has 112 valence electrons. The molecule has 0 amide bonds. The standard InChI is InChI=1S/C16H17BrClIN2/c1-8-6-10(7-9(2)11(8)17)15-20-13(16(3,4)5)12(19)14(18)21-15/h6-7H,1-5H3. The highest BCUT2D eigenvalue weighted by Crippen LogP contribution is 2.33. The minimum Gasteiger partial charge on any atom is -0.231 e. The van der Waals surface area contributed by atoms with Gasteiger partial charge in [-0.05, 0) is 59.7 Å². The van der Waals surface area contributed by atoms with Crippen molar-refractivity contribution in [2.45, 2.75) is 40.0 Å². The van der Waals surface area contributed by atoms with Crippen molar-refractivity contribution in [2.75, 3.05) is 0 Å². The molecule has 0 saturated carbocycles. The number of aryl methyl sites for hydroxylation is 2. The Kier molecular flexibility index (Phi) is 5.01. The Hall–Kier alpha value is -0.200. The van der Waals surface area contributed by atoms with Crippen LogP contribution in [0.5, 0.6) is 0 Å². The van der Waals surface area contributed by atoms with E-state index in [1.807, 2.05) is 0 Å². The van der Waals surface area contributed by atoms with E-state index in [1.165, 1.54) is 11.1 Å². The third kappa shape index (κ3) is 3.59. The fourth-order valence-corrected chi connectivity index (χ4v) is 3.57. The SMILES string of the molecule is Cc1cc(-c2nc(Cl)c(I)c(C(C)(C)C)n2)cc(C)c1Br. The summed E-state index contributed by atoms with van der Waals surface area (Å²) in [5.74, 6) is 0.684. The lowest BCUT2D eigenvalue weighted by Gasteiger charge is -2.21. The Bertz CT molecular complexity index is 685. The van der Waals surface area contributed by atoms with Gasteiger partial charge in [0.05, 0.1) is 9.26 Å². The van der Waals surface area contributed by atoms with Gasteiger partial charge >= 0.3 is 0 Å². The molecule has 0 saturated heterocycles. The predicted octanol–water partition coefficient (Wildman–Crippen LogP) is 6.08. The summed E-state index contributed by atoms with van der Waals surface area (Å²) in [6, 6.07) is 4.17. The highest BCUT2D eigenvalue weighted by molar-refractivity contribution is 14.1. The summed E-state index contributed by atoms with van der Waals surface area (Å²) in [6.45, 7) is 10.5. The van der Waals surface area contributed by atoms with E-state index in [1.54, 1.807) is 0 Å². The van der Waals surface area contributed by atoms with Crippen LogP contribution in [-0.2, 0) is 5.41 Å². The number of halogens is 3. The molecule has 21 heavy (non-hydrogen) atoms. The van der Waals surface area contributed by atoms with E-state index in [0.29, 0.717) is 11.0 Å². The van der Waals surface area contributed by atoms with Gasteiger partial charge in [0.1, 0.15) is 5.15 Å². The molecule has 2 rings (SSSR count). The van der Waals surface area contributed by atoms with Crippen LogP contribution in [-0.4, -0.2) is 9.97 Å². The Morgan fingerprint density at radius 3 is 2.10 bits per heavy atom. The van der Waals surface area contributed by atoms with Gasteiger partial charge in [-0.25, -0.2) is 9.97 Å². The maximum Gasteiger partial charge on any atom is 0.161 e. The minimum atomic E-state index is -0.0721. The lowest BCUT2D eigenvalue weighted by atomic mass is 9.92. The van der Waals surface area contributed by atoms with Crippen LogP contribution in [0.3, 0.4) is 0 Å². The number of hydrogen-bond donors (Lipinski definition) is 0. The van der Waals surface area contributed by atoms with E-state index in [4.69, 9.17) is 16.6 Å². The molecule has 0 aliphatic heterocycles. The van der Waals surface area contributed by atoms with E-state index in [-0.39, 0.29) is 5.41 Å². The van der Waals surface area contributed by atoms with Crippen LogP contribution in [0.15, 0.2) is 16.6 Å². The molecule has 0 N–H and O–H groups in total. The van der Waals surface area contributed by atoms with Crippen LogP contribution in [0.4, 0.5) is 0 Å². The van der Waals surface area contributed by atoms with Crippen molar-refractivity contribution in [3.8, 4) is 11.4 Å². The van der Waals surface area contributed by atoms with E-state index in [0.717, 1.165) is 19.3 Å². The summed E-state index contributed by atoms with van der Waals surface area (Å²) < 4.78 is 2.05. The first-order valence-corrected chi connectivity index (χ1v) is 8.87.